The number of rotatable bonds is 2. The van der Waals surface area contributed by atoms with Crippen LogP contribution in [0.15, 0.2) is 18.2 Å². The van der Waals surface area contributed by atoms with Crippen molar-refractivity contribution in [1.82, 2.24) is 14.7 Å². The first kappa shape index (κ1) is 22.1. The molecule has 3 heterocycles. The highest BCUT2D eigenvalue weighted by Crippen LogP contribution is 2.43. The van der Waals surface area contributed by atoms with Gasteiger partial charge in [-0.1, -0.05) is 0 Å². The molecule has 2 aliphatic heterocycles. The largest absolute Gasteiger partial charge is 0.385 e. The third-order valence-corrected chi connectivity index (χ3v) is 6.01. The van der Waals surface area contributed by atoms with E-state index in [-0.39, 0.29) is 29.9 Å². The average molecular weight is 451 g/mol. The molecule has 32 heavy (non-hydrogen) atoms. The van der Waals surface area contributed by atoms with Gasteiger partial charge >= 0.3 is 6.03 Å². The molecule has 0 radical (unpaired) electrons. The minimum Gasteiger partial charge on any atom is -0.385 e. The number of amides is 2. The minimum absolute atomic E-state index is 0.155. The van der Waals surface area contributed by atoms with Crippen molar-refractivity contribution in [3.8, 4) is 0 Å². The lowest BCUT2D eigenvalue weighted by Gasteiger charge is -2.33. The number of carbonyl (C=O) groups is 1. The Hall–Kier alpha value is -3.13. The number of aliphatic hydroxyl groups is 1. The number of alkyl halides is 3. The Morgan fingerprint density at radius 1 is 1.41 bits per heavy atom. The number of nitrogens with one attached hydrogen (secondary N) is 1. The van der Waals surface area contributed by atoms with Gasteiger partial charge in [-0.2, -0.15) is 13.9 Å². The Kier molecular flexibility index (Phi) is 5.36. The summed E-state index contributed by atoms with van der Waals surface area (Å²) in [4.78, 5) is 17.3. The number of anilines is 1. The molecule has 0 unspecified atom stereocenters. The molecule has 2 amide bonds. The third kappa shape index (κ3) is 3.79. The van der Waals surface area contributed by atoms with Gasteiger partial charge in [-0.15, -0.1) is 0 Å². The molecule has 0 saturated heterocycles. The van der Waals surface area contributed by atoms with Crippen molar-refractivity contribution in [2.75, 3.05) is 12.0 Å². The van der Waals surface area contributed by atoms with Crippen molar-refractivity contribution in [1.29, 1.82) is 0 Å². The van der Waals surface area contributed by atoms with E-state index in [1.54, 1.807) is 6.92 Å². The normalized spacial score (nSPS) is 24.2. The summed E-state index contributed by atoms with van der Waals surface area (Å²) in [7, 11) is 0. The zero-order valence-electron chi connectivity index (χ0n) is 17.2. The summed E-state index contributed by atoms with van der Waals surface area (Å²) in [5, 5.41) is 17.1. The van der Waals surface area contributed by atoms with Gasteiger partial charge in [-0.25, -0.2) is 18.4 Å². The van der Waals surface area contributed by atoms with E-state index in [9.17, 15) is 27.5 Å². The number of hydrogen-bond acceptors (Lipinski definition) is 3. The first-order chi connectivity index (χ1) is 15.1. The average Bonchev–Trinajstić information content (AvgIpc) is 3.05. The second-order valence-corrected chi connectivity index (χ2v) is 8.38. The van der Waals surface area contributed by atoms with Crippen LogP contribution >= 0.6 is 0 Å². The van der Waals surface area contributed by atoms with Gasteiger partial charge in [-0.3, -0.25) is 4.68 Å². The van der Waals surface area contributed by atoms with Gasteiger partial charge in [0, 0.05) is 30.1 Å². The van der Waals surface area contributed by atoms with Crippen molar-refractivity contribution in [2.24, 2.45) is 0 Å². The molecule has 0 saturated carbocycles. The molecule has 11 heteroatoms. The lowest BCUT2D eigenvalue weighted by Crippen LogP contribution is -2.45. The quantitative estimate of drug-likeness (QED) is 0.533. The highest BCUT2D eigenvalue weighted by atomic mass is 19.3. The number of carbonyl (C=O) groups excluding carboxylic acids is 1. The summed E-state index contributed by atoms with van der Waals surface area (Å²) >= 11 is 0. The molecule has 7 nitrogen and oxygen atoms in total. The molecule has 2 N–H and O–H groups in total. The maximum Gasteiger partial charge on any atom is 0.322 e. The summed E-state index contributed by atoms with van der Waals surface area (Å²) < 4.78 is 57.8. The molecule has 2 atom stereocenters. The van der Waals surface area contributed by atoms with Crippen molar-refractivity contribution in [3.63, 3.8) is 0 Å². The van der Waals surface area contributed by atoms with Crippen LogP contribution in [0.5, 0.6) is 0 Å². The molecule has 0 aliphatic carbocycles. The van der Waals surface area contributed by atoms with E-state index in [1.165, 1.54) is 17.0 Å². The van der Waals surface area contributed by atoms with Gasteiger partial charge in [0.15, 0.2) is 0 Å². The highest BCUT2D eigenvalue weighted by molar-refractivity contribution is 5.90. The molecule has 1 aromatic carbocycles. The molecule has 0 spiro atoms. The molecule has 1 aromatic heterocycles. The Morgan fingerprint density at radius 3 is 2.84 bits per heavy atom. The molecule has 0 bridgehead atoms. The number of nitrogens with zero attached hydrogens (tertiary/aromatic N) is 4. The van der Waals surface area contributed by atoms with Crippen LogP contribution in [0.1, 0.15) is 36.7 Å². The molecular weight excluding hydrogens is 430 g/mol. The number of hydrogen-bond donors (Lipinski definition) is 2. The summed E-state index contributed by atoms with van der Waals surface area (Å²) in [6.45, 7) is 7.00. The predicted molar refractivity (Wildman–Crippen MR) is 107 cm³/mol. The van der Waals surface area contributed by atoms with Crippen molar-refractivity contribution in [2.45, 2.75) is 56.8 Å². The molecule has 0 fully saturated rings. The monoisotopic (exact) mass is 451 g/mol. The zero-order chi connectivity index (χ0) is 23.3. The number of urea groups is 1. The van der Waals surface area contributed by atoms with Crippen LogP contribution in [0.4, 0.5) is 33.7 Å². The van der Waals surface area contributed by atoms with Crippen LogP contribution in [0.3, 0.4) is 0 Å². The fraction of sp³-hybridized carbons (Fsp3) is 0.476. The Bertz CT molecular complexity index is 1110. The van der Waals surface area contributed by atoms with E-state index < -0.39 is 61.2 Å². The fourth-order valence-corrected chi connectivity index (χ4v) is 4.24. The van der Waals surface area contributed by atoms with E-state index in [0.29, 0.717) is 5.69 Å². The van der Waals surface area contributed by atoms with E-state index in [2.05, 4.69) is 15.3 Å². The molecular formula is C21H21F4N5O2. The Balaban J connectivity index is 1.64. The maximum atomic E-state index is 15.0. The van der Waals surface area contributed by atoms with Gasteiger partial charge < -0.3 is 15.3 Å². The summed E-state index contributed by atoms with van der Waals surface area (Å²) in [5.41, 5.74) is -1.80. The van der Waals surface area contributed by atoms with Crippen molar-refractivity contribution >= 4 is 17.4 Å². The Morgan fingerprint density at radius 2 is 2.16 bits per heavy atom. The lowest BCUT2D eigenvalue weighted by molar-refractivity contribution is -0.0474. The molecule has 170 valence electrons. The van der Waals surface area contributed by atoms with Crippen LogP contribution in [-0.2, 0) is 25.4 Å². The van der Waals surface area contributed by atoms with Crippen LogP contribution in [0, 0.1) is 12.4 Å². The van der Waals surface area contributed by atoms with Gasteiger partial charge in [0.1, 0.15) is 23.8 Å². The summed E-state index contributed by atoms with van der Waals surface area (Å²) in [6.07, 6.45) is -0.949. The maximum absolute atomic E-state index is 15.0. The molecule has 2 aliphatic rings. The van der Waals surface area contributed by atoms with Crippen molar-refractivity contribution < 1.29 is 27.5 Å². The van der Waals surface area contributed by atoms with E-state index in [4.69, 9.17) is 6.57 Å². The van der Waals surface area contributed by atoms with E-state index in [1.807, 2.05) is 0 Å². The van der Waals surface area contributed by atoms with Crippen LogP contribution in [-0.4, -0.2) is 44.1 Å². The minimum atomic E-state index is -3.34. The van der Waals surface area contributed by atoms with Crippen LogP contribution < -0.4 is 5.32 Å². The van der Waals surface area contributed by atoms with Gasteiger partial charge in [0.25, 0.3) is 5.92 Å². The van der Waals surface area contributed by atoms with Gasteiger partial charge in [0.05, 0.1) is 25.4 Å². The second kappa shape index (κ2) is 7.78. The van der Waals surface area contributed by atoms with Crippen molar-refractivity contribution in [3.05, 3.63) is 52.4 Å². The van der Waals surface area contributed by atoms with Gasteiger partial charge in [-0.05, 0) is 31.5 Å². The zero-order valence-corrected chi connectivity index (χ0v) is 17.2. The summed E-state index contributed by atoms with van der Waals surface area (Å²) in [5.74, 6) is -4.06. The fourth-order valence-electron chi connectivity index (χ4n) is 4.24. The number of benzene rings is 1. The third-order valence-electron chi connectivity index (χ3n) is 6.01. The van der Waals surface area contributed by atoms with E-state index >= 15 is 0 Å². The highest BCUT2D eigenvalue weighted by Gasteiger charge is 2.48. The predicted octanol–water partition coefficient (Wildman–Crippen LogP) is 4.14. The molecule has 2 aromatic rings. The first-order valence-corrected chi connectivity index (χ1v) is 10.1. The van der Waals surface area contributed by atoms with E-state index in [0.717, 1.165) is 10.7 Å². The van der Waals surface area contributed by atoms with Crippen LogP contribution in [0.2, 0.25) is 0 Å². The molecule has 4 rings (SSSR count). The lowest BCUT2D eigenvalue weighted by atomic mass is 9.94. The number of halogens is 4. The smallest absolute Gasteiger partial charge is 0.322 e. The van der Waals surface area contributed by atoms with Crippen LogP contribution in [0.25, 0.3) is 4.85 Å². The standard InChI is InChI=1S/C21H21F4N5O2/c1-12-7-16-14(18-21(24,25)6-5-20(32,10-22)11-30(18)28-16)9-29(12)19(31)27-13-3-4-15(23)17(8-13)26-2/h3-4,8,12,32H,5-7,9-11H2,1H3,(H,27,31)/t12-,20-/m1/s1. The number of fused-ring (bicyclic) bond motifs is 3. The SMILES string of the molecule is [C-]#[N+]c1cc(NC(=O)N2Cc3c(nn4c3C(F)(F)CC[C@@](O)(CF)C4)C[C@H]2C)ccc1F. The Labute approximate surface area is 181 Å². The second-order valence-electron chi connectivity index (χ2n) is 8.38. The number of aromatic nitrogens is 2. The van der Waals surface area contributed by atoms with Gasteiger partial charge in [0.2, 0.25) is 5.69 Å². The topological polar surface area (TPSA) is 74.8 Å². The first-order valence-electron chi connectivity index (χ1n) is 10.1. The summed E-state index contributed by atoms with van der Waals surface area (Å²) in [6, 6.07) is 2.57.